The van der Waals surface area contributed by atoms with Gasteiger partial charge in [-0.1, -0.05) is 19.1 Å². The molecule has 1 aromatic rings. The number of amides is 1. The number of ether oxygens (including phenoxy) is 1. The summed E-state index contributed by atoms with van der Waals surface area (Å²) in [4.78, 5) is 14.4. The molecule has 5 heteroatoms. The van der Waals surface area contributed by atoms with E-state index in [0.29, 0.717) is 6.42 Å². The number of hydrogen-bond donors (Lipinski definition) is 1. The molecule has 1 aromatic carbocycles. The molecule has 1 aliphatic heterocycles. The van der Waals surface area contributed by atoms with Gasteiger partial charge in [0.15, 0.2) is 0 Å². The van der Waals surface area contributed by atoms with Crippen LogP contribution in [0.15, 0.2) is 24.3 Å². The molecule has 1 amide bonds. The molecule has 0 unspecified atom stereocenters. The smallest absolute Gasteiger partial charge is 0.222 e. The number of piperidine rings is 1. The maximum Gasteiger partial charge on any atom is 0.222 e. The fraction of sp³-hybridized carbons (Fsp3) is 0.611. The van der Waals surface area contributed by atoms with E-state index in [-0.39, 0.29) is 18.3 Å². The van der Waals surface area contributed by atoms with Crippen molar-refractivity contribution in [2.24, 2.45) is 5.92 Å². The summed E-state index contributed by atoms with van der Waals surface area (Å²) in [5.41, 5.74) is 1.16. The van der Waals surface area contributed by atoms with Gasteiger partial charge in [-0.25, -0.2) is 0 Å². The molecule has 1 saturated heterocycles. The molecule has 1 fully saturated rings. The van der Waals surface area contributed by atoms with Crippen molar-refractivity contribution in [3.05, 3.63) is 29.8 Å². The quantitative estimate of drug-likeness (QED) is 0.829. The summed E-state index contributed by atoms with van der Waals surface area (Å²) in [6.07, 6.45) is 3.62. The number of carbonyl (C=O) groups excluding carboxylic acids is 1. The van der Waals surface area contributed by atoms with Crippen molar-refractivity contribution in [1.29, 1.82) is 0 Å². The molecule has 0 atom stereocenters. The minimum atomic E-state index is 0. The second-order valence-electron chi connectivity index (χ2n) is 5.98. The number of likely N-dealkylation sites (tertiary alicyclic amines) is 1. The highest BCUT2D eigenvalue weighted by atomic mass is 35.5. The second kappa shape index (κ2) is 10.5. The van der Waals surface area contributed by atoms with Crippen LogP contribution in [0.4, 0.5) is 0 Å². The number of rotatable bonds is 7. The standard InChI is InChI=1S/C18H28N2O2.ClH/c1-3-19-14-16-9-11-20(12-10-16)18(21)8-7-15-5-4-6-17(13-15)22-2;/h4-6,13,16,19H,3,7-12,14H2,1-2H3;1H. The number of halogens is 1. The molecule has 2 rings (SSSR count). The van der Waals surface area contributed by atoms with Gasteiger partial charge < -0.3 is 15.0 Å². The van der Waals surface area contributed by atoms with E-state index < -0.39 is 0 Å². The van der Waals surface area contributed by atoms with Gasteiger partial charge >= 0.3 is 0 Å². The van der Waals surface area contributed by atoms with Crippen molar-refractivity contribution in [3.8, 4) is 5.75 Å². The SMILES string of the molecule is CCNCC1CCN(C(=O)CCc2cccc(OC)c2)CC1.Cl. The van der Waals surface area contributed by atoms with Crippen LogP contribution in [0.1, 0.15) is 31.7 Å². The summed E-state index contributed by atoms with van der Waals surface area (Å²) in [6.45, 7) is 6.07. The first-order valence-electron chi connectivity index (χ1n) is 8.34. The van der Waals surface area contributed by atoms with Crippen LogP contribution < -0.4 is 10.1 Å². The third-order valence-electron chi connectivity index (χ3n) is 4.41. The highest BCUT2D eigenvalue weighted by Crippen LogP contribution is 2.18. The Bertz CT molecular complexity index is 474. The lowest BCUT2D eigenvalue weighted by Gasteiger charge is -2.32. The summed E-state index contributed by atoms with van der Waals surface area (Å²) in [7, 11) is 1.67. The van der Waals surface area contributed by atoms with Crippen LogP contribution in [0.2, 0.25) is 0 Å². The topological polar surface area (TPSA) is 41.6 Å². The molecule has 0 aliphatic carbocycles. The maximum absolute atomic E-state index is 12.3. The largest absolute Gasteiger partial charge is 0.497 e. The van der Waals surface area contributed by atoms with E-state index in [9.17, 15) is 4.79 Å². The van der Waals surface area contributed by atoms with Gasteiger partial charge in [-0.2, -0.15) is 0 Å². The van der Waals surface area contributed by atoms with Crippen molar-refractivity contribution in [3.63, 3.8) is 0 Å². The Labute approximate surface area is 146 Å². The zero-order chi connectivity index (χ0) is 15.8. The molecular formula is C18H29ClN2O2. The Hall–Kier alpha value is -1.26. The first-order valence-corrected chi connectivity index (χ1v) is 8.34. The number of carbonyl (C=O) groups is 1. The molecule has 0 aromatic heterocycles. The van der Waals surface area contributed by atoms with Crippen LogP contribution in [0.3, 0.4) is 0 Å². The maximum atomic E-state index is 12.3. The van der Waals surface area contributed by atoms with Gasteiger partial charge in [0.1, 0.15) is 5.75 Å². The summed E-state index contributed by atoms with van der Waals surface area (Å²) >= 11 is 0. The van der Waals surface area contributed by atoms with E-state index in [0.717, 1.165) is 62.7 Å². The van der Waals surface area contributed by atoms with E-state index in [1.807, 2.05) is 23.1 Å². The van der Waals surface area contributed by atoms with E-state index in [4.69, 9.17) is 4.74 Å². The van der Waals surface area contributed by atoms with E-state index in [2.05, 4.69) is 18.3 Å². The first-order chi connectivity index (χ1) is 10.7. The van der Waals surface area contributed by atoms with Gasteiger partial charge in [0, 0.05) is 19.5 Å². The first kappa shape index (κ1) is 19.8. The summed E-state index contributed by atoms with van der Waals surface area (Å²) in [5.74, 6) is 1.86. The third-order valence-corrected chi connectivity index (χ3v) is 4.41. The monoisotopic (exact) mass is 340 g/mol. The van der Waals surface area contributed by atoms with Crippen molar-refractivity contribution in [2.45, 2.75) is 32.6 Å². The number of methoxy groups -OCH3 is 1. The summed E-state index contributed by atoms with van der Waals surface area (Å²) < 4.78 is 5.22. The Morgan fingerprint density at radius 2 is 2.09 bits per heavy atom. The lowest BCUT2D eigenvalue weighted by Crippen LogP contribution is -2.40. The highest BCUT2D eigenvalue weighted by Gasteiger charge is 2.22. The summed E-state index contributed by atoms with van der Waals surface area (Å²) in [5, 5.41) is 3.40. The molecular weight excluding hydrogens is 312 g/mol. The zero-order valence-electron chi connectivity index (χ0n) is 14.2. The van der Waals surface area contributed by atoms with Gasteiger partial charge in [0.2, 0.25) is 5.91 Å². The Balaban J connectivity index is 0.00000264. The molecule has 0 radical (unpaired) electrons. The van der Waals surface area contributed by atoms with Crippen LogP contribution >= 0.6 is 12.4 Å². The Kier molecular flexibility index (Phi) is 9.03. The van der Waals surface area contributed by atoms with Crippen LogP contribution in [-0.4, -0.2) is 44.1 Å². The fourth-order valence-corrected chi connectivity index (χ4v) is 2.97. The molecule has 0 saturated carbocycles. The molecule has 0 bridgehead atoms. The normalized spacial score (nSPS) is 15.1. The zero-order valence-corrected chi connectivity index (χ0v) is 15.0. The Morgan fingerprint density at radius 1 is 1.35 bits per heavy atom. The van der Waals surface area contributed by atoms with Crippen LogP contribution in [-0.2, 0) is 11.2 Å². The minimum absolute atomic E-state index is 0. The van der Waals surface area contributed by atoms with Gasteiger partial charge in [0.05, 0.1) is 7.11 Å². The van der Waals surface area contributed by atoms with Crippen molar-refractivity contribution < 1.29 is 9.53 Å². The minimum Gasteiger partial charge on any atom is -0.497 e. The average Bonchev–Trinajstić information content (AvgIpc) is 2.58. The molecule has 0 spiro atoms. The predicted molar refractivity (Wildman–Crippen MR) is 96.4 cm³/mol. The van der Waals surface area contributed by atoms with E-state index >= 15 is 0 Å². The lowest BCUT2D eigenvalue weighted by atomic mass is 9.96. The fourth-order valence-electron chi connectivity index (χ4n) is 2.97. The van der Waals surface area contributed by atoms with Crippen molar-refractivity contribution in [1.82, 2.24) is 10.2 Å². The van der Waals surface area contributed by atoms with E-state index in [1.54, 1.807) is 7.11 Å². The number of aryl methyl sites for hydroxylation is 1. The lowest BCUT2D eigenvalue weighted by molar-refractivity contribution is -0.132. The van der Waals surface area contributed by atoms with Gasteiger partial charge in [-0.15, -0.1) is 12.4 Å². The highest BCUT2D eigenvalue weighted by molar-refractivity contribution is 5.85. The van der Waals surface area contributed by atoms with Gasteiger partial charge in [-0.05, 0) is 56.0 Å². The molecule has 23 heavy (non-hydrogen) atoms. The predicted octanol–water partition coefficient (Wildman–Crippen LogP) is 2.90. The molecule has 1 heterocycles. The van der Waals surface area contributed by atoms with Crippen molar-refractivity contribution >= 4 is 18.3 Å². The summed E-state index contributed by atoms with van der Waals surface area (Å²) in [6, 6.07) is 7.97. The van der Waals surface area contributed by atoms with Gasteiger partial charge in [0.25, 0.3) is 0 Å². The molecule has 4 nitrogen and oxygen atoms in total. The van der Waals surface area contributed by atoms with Crippen LogP contribution in [0, 0.1) is 5.92 Å². The number of nitrogens with one attached hydrogen (secondary N) is 1. The number of hydrogen-bond acceptors (Lipinski definition) is 3. The van der Waals surface area contributed by atoms with Crippen molar-refractivity contribution in [2.75, 3.05) is 33.3 Å². The molecule has 130 valence electrons. The molecule has 1 N–H and O–H groups in total. The second-order valence-corrected chi connectivity index (χ2v) is 5.98. The molecule has 1 aliphatic rings. The van der Waals surface area contributed by atoms with Crippen LogP contribution in [0.5, 0.6) is 5.75 Å². The number of nitrogens with zero attached hydrogens (tertiary/aromatic N) is 1. The number of benzene rings is 1. The third kappa shape index (κ3) is 6.40. The van der Waals surface area contributed by atoms with Crippen LogP contribution in [0.25, 0.3) is 0 Å². The van der Waals surface area contributed by atoms with E-state index in [1.165, 1.54) is 0 Å². The average molecular weight is 341 g/mol. The Morgan fingerprint density at radius 3 is 2.74 bits per heavy atom. The van der Waals surface area contributed by atoms with Gasteiger partial charge in [-0.3, -0.25) is 4.79 Å².